The lowest BCUT2D eigenvalue weighted by atomic mass is 10.0. The third kappa shape index (κ3) is 5.28. The Labute approximate surface area is 167 Å². The van der Waals surface area contributed by atoms with Crippen LogP contribution >= 0.6 is 0 Å². The highest BCUT2D eigenvalue weighted by atomic mass is 19.1. The SMILES string of the molecule is O=C(CCc1cc(-c2ccc(F)cc2)[nH]c1-c1ccc(F)cc1)NC(CO)CO. The lowest BCUT2D eigenvalue weighted by Gasteiger charge is -2.13. The van der Waals surface area contributed by atoms with Gasteiger partial charge in [-0.05, 0) is 77.7 Å². The van der Waals surface area contributed by atoms with Gasteiger partial charge in [0.25, 0.3) is 0 Å². The number of hydrogen-bond acceptors (Lipinski definition) is 3. The van der Waals surface area contributed by atoms with Gasteiger partial charge in [-0.25, -0.2) is 8.78 Å². The van der Waals surface area contributed by atoms with Crippen molar-refractivity contribution >= 4 is 5.91 Å². The van der Waals surface area contributed by atoms with Crippen molar-refractivity contribution in [3.63, 3.8) is 0 Å². The van der Waals surface area contributed by atoms with Gasteiger partial charge in [-0.2, -0.15) is 0 Å². The summed E-state index contributed by atoms with van der Waals surface area (Å²) in [6, 6.07) is 13.2. The molecule has 0 fully saturated rings. The van der Waals surface area contributed by atoms with Gasteiger partial charge >= 0.3 is 0 Å². The number of aliphatic hydroxyl groups is 2. The number of nitrogens with one attached hydrogen (secondary N) is 2. The fourth-order valence-electron chi connectivity index (χ4n) is 3.05. The maximum Gasteiger partial charge on any atom is 0.220 e. The first kappa shape index (κ1) is 20.7. The van der Waals surface area contributed by atoms with Crippen molar-refractivity contribution in [2.75, 3.05) is 13.2 Å². The minimum absolute atomic E-state index is 0.144. The third-order valence-electron chi connectivity index (χ3n) is 4.61. The molecule has 0 saturated heterocycles. The molecule has 1 aromatic heterocycles. The number of amides is 1. The number of aliphatic hydroxyl groups excluding tert-OH is 2. The molecular formula is C22H22F2N2O3. The molecule has 1 amide bonds. The number of rotatable bonds is 8. The molecule has 0 atom stereocenters. The maximum atomic E-state index is 13.3. The Bertz CT molecular complexity index is 949. The first-order valence-corrected chi connectivity index (χ1v) is 9.25. The Morgan fingerprint density at radius 1 is 0.931 bits per heavy atom. The molecule has 152 valence electrons. The highest BCUT2D eigenvalue weighted by molar-refractivity contribution is 5.78. The molecule has 0 unspecified atom stereocenters. The predicted molar refractivity (Wildman–Crippen MR) is 106 cm³/mol. The van der Waals surface area contributed by atoms with Crippen LogP contribution in [-0.4, -0.2) is 40.4 Å². The highest BCUT2D eigenvalue weighted by Crippen LogP contribution is 2.30. The van der Waals surface area contributed by atoms with E-state index in [-0.39, 0.29) is 37.2 Å². The van der Waals surface area contributed by atoms with E-state index in [2.05, 4.69) is 10.3 Å². The van der Waals surface area contributed by atoms with Crippen LogP contribution in [0.25, 0.3) is 22.5 Å². The standard InChI is InChI=1S/C22H22F2N2O3/c23-17-6-1-14(2-7-17)20-11-16(5-10-21(29)25-19(12-27)13-28)22(26-20)15-3-8-18(24)9-4-15/h1-4,6-9,11,19,26-28H,5,10,12-13H2,(H,25,29). The number of halogens is 2. The Balaban J connectivity index is 1.86. The molecule has 0 saturated carbocycles. The summed E-state index contributed by atoms with van der Waals surface area (Å²) in [4.78, 5) is 15.4. The van der Waals surface area contributed by atoms with Gasteiger partial charge in [-0.3, -0.25) is 4.79 Å². The minimum atomic E-state index is -0.694. The van der Waals surface area contributed by atoms with E-state index in [1.54, 1.807) is 24.3 Å². The van der Waals surface area contributed by atoms with Crippen molar-refractivity contribution in [1.82, 2.24) is 10.3 Å². The van der Waals surface area contributed by atoms with E-state index in [1.807, 2.05) is 6.07 Å². The zero-order valence-corrected chi connectivity index (χ0v) is 15.7. The van der Waals surface area contributed by atoms with Crippen molar-refractivity contribution in [3.05, 3.63) is 71.8 Å². The lowest BCUT2D eigenvalue weighted by Crippen LogP contribution is -2.40. The van der Waals surface area contributed by atoms with Gasteiger partial charge in [0.15, 0.2) is 0 Å². The number of aryl methyl sites for hydroxylation is 1. The average Bonchev–Trinajstić information content (AvgIpc) is 3.15. The van der Waals surface area contributed by atoms with E-state index in [0.29, 0.717) is 6.42 Å². The number of H-pyrrole nitrogens is 1. The second-order valence-corrected chi connectivity index (χ2v) is 6.73. The van der Waals surface area contributed by atoms with Gasteiger partial charge in [0.1, 0.15) is 11.6 Å². The number of aromatic nitrogens is 1. The van der Waals surface area contributed by atoms with Gasteiger partial charge < -0.3 is 20.5 Å². The van der Waals surface area contributed by atoms with Gasteiger partial charge in [0, 0.05) is 17.8 Å². The van der Waals surface area contributed by atoms with Crippen molar-refractivity contribution in [2.24, 2.45) is 0 Å². The molecule has 3 rings (SSSR count). The largest absolute Gasteiger partial charge is 0.394 e. The second kappa shape index (κ2) is 9.45. The summed E-state index contributed by atoms with van der Waals surface area (Å²) in [5, 5.41) is 20.7. The Morgan fingerprint density at radius 3 is 2.03 bits per heavy atom. The van der Waals surface area contributed by atoms with Crippen LogP contribution in [0.15, 0.2) is 54.6 Å². The van der Waals surface area contributed by atoms with Crippen molar-refractivity contribution in [1.29, 1.82) is 0 Å². The summed E-state index contributed by atoms with van der Waals surface area (Å²) in [5.74, 6) is -0.981. The van der Waals surface area contributed by atoms with E-state index < -0.39 is 6.04 Å². The maximum absolute atomic E-state index is 13.3. The second-order valence-electron chi connectivity index (χ2n) is 6.73. The van der Waals surface area contributed by atoms with E-state index in [0.717, 1.165) is 28.1 Å². The first-order chi connectivity index (χ1) is 14.0. The first-order valence-electron chi connectivity index (χ1n) is 9.25. The number of benzene rings is 2. The van der Waals surface area contributed by atoms with Crippen molar-refractivity contribution in [2.45, 2.75) is 18.9 Å². The molecule has 5 nitrogen and oxygen atoms in total. The molecule has 4 N–H and O–H groups in total. The van der Waals surface area contributed by atoms with Crippen LogP contribution in [-0.2, 0) is 11.2 Å². The van der Waals surface area contributed by atoms with Gasteiger partial charge in [-0.1, -0.05) is 0 Å². The lowest BCUT2D eigenvalue weighted by molar-refractivity contribution is -0.122. The number of carbonyl (C=O) groups is 1. The van der Waals surface area contributed by atoms with Crippen LogP contribution in [0.2, 0.25) is 0 Å². The number of aromatic amines is 1. The fourth-order valence-corrected chi connectivity index (χ4v) is 3.05. The van der Waals surface area contributed by atoms with Crippen LogP contribution < -0.4 is 5.32 Å². The summed E-state index contributed by atoms with van der Waals surface area (Å²) >= 11 is 0. The molecule has 0 aliphatic carbocycles. The molecule has 0 spiro atoms. The molecule has 0 aliphatic rings. The van der Waals surface area contributed by atoms with E-state index >= 15 is 0 Å². The van der Waals surface area contributed by atoms with E-state index in [4.69, 9.17) is 10.2 Å². The summed E-state index contributed by atoms with van der Waals surface area (Å²) in [6.45, 7) is -0.691. The van der Waals surface area contributed by atoms with Crippen molar-refractivity contribution < 1.29 is 23.8 Å². The molecule has 7 heteroatoms. The molecule has 3 aromatic rings. The number of hydrogen-bond donors (Lipinski definition) is 4. The van der Waals surface area contributed by atoms with E-state index in [9.17, 15) is 13.6 Å². The monoisotopic (exact) mass is 400 g/mol. The Kier molecular flexibility index (Phi) is 6.74. The average molecular weight is 400 g/mol. The Hall–Kier alpha value is -3.03. The third-order valence-corrected chi connectivity index (χ3v) is 4.61. The molecule has 0 radical (unpaired) electrons. The molecule has 0 bridgehead atoms. The van der Waals surface area contributed by atoms with E-state index in [1.165, 1.54) is 24.3 Å². The predicted octanol–water partition coefficient (Wildman–Crippen LogP) is 3.03. The molecular weight excluding hydrogens is 378 g/mol. The zero-order valence-electron chi connectivity index (χ0n) is 15.7. The normalized spacial score (nSPS) is 11.1. The van der Waals surface area contributed by atoms with Crippen LogP contribution in [0.4, 0.5) is 8.78 Å². The summed E-state index contributed by atoms with van der Waals surface area (Å²) in [7, 11) is 0. The molecule has 0 aliphatic heterocycles. The van der Waals surface area contributed by atoms with Crippen LogP contribution in [0.3, 0.4) is 0 Å². The fraction of sp³-hybridized carbons (Fsp3) is 0.227. The smallest absolute Gasteiger partial charge is 0.220 e. The highest BCUT2D eigenvalue weighted by Gasteiger charge is 2.15. The molecule has 2 aromatic carbocycles. The zero-order chi connectivity index (χ0) is 20.8. The van der Waals surface area contributed by atoms with Crippen molar-refractivity contribution in [3.8, 4) is 22.5 Å². The molecule has 1 heterocycles. The van der Waals surface area contributed by atoms with Gasteiger partial charge in [-0.15, -0.1) is 0 Å². The van der Waals surface area contributed by atoms with Crippen LogP contribution in [0.5, 0.6) is 0 Å². The topological polar surface area (TPSA) is 85.4 Å². The number of carbonyl (C=O) groups excluding carboxylic acids is 1. The molecule has 29 heavy (non-hydrogen) atoms. The van der Waals surface area contributed by atoms with Crippen LogP contribution in [0.1, 0.15) is 12.0 Å². The summed E-state index contributed by atoms with van der Waals surface area (Å²) in [5.41, 5.74) is 3.89. The minimum Gasteiger partial charge on any atom is -0.394 e. The van der Waals surface area contributed by atoms with Gasteiger partial charge in [0.2, 0.25) is 5.91 Å². The Morgan fingerprint density at radius 2 is 1.48 bits per heavy atom. The summed E-state index contributed by atoms with van der Waals surface area (Å²) < 4.78 is 26.6. The van der Waals surface area contributed by atoms with Gasteiger partial charge in [0.05, 0.1) is 19.3 Å². The van der Waals surface area contributed by atoms with Crippen LogP contribution in [0, 0.1) is 11.6 Å². The summed E-state index contributed by atoms with van der Waals surface area (Å²) in [6.07, 6.45) is 0.533. The quantitative estimate of drug-likeness (QED) is 0.469.